The molecular formula is C28H26FN3O5. The van der Waals surface area contributed by atoms with Crippen LogP contribution in [0.3, 0.4) is 0 Å². The molecule has 3 N–H and O–H groups in total. The highest BCUT2D eigenvalue weighted by atomic mass is 19.1. The number of aliphatic hydroxyl groups is 1. The third-order valence-corrected chi connectivity index (χ3v) is 6.54. The molecule has 0 saturated carbocycles. The second kappa shape index (κ2) is 10.0. The Labute approximate surface area is 213 Å². The summed E-state index contributed by atoms with van der Waals surface area (Å²) in [6, 6.07) is 17.1. The maximum absolute atomic E-state index is 14.7. The van der Waals surface area contributed by atoms with E-state index in [-0.39, 0.29) is 17.2 Å². The zero-order chi connectivity index (χ0) is 26.1. The van der Waals surface area contributed by atoms with E-state index in [1.807, 2.05) is 0 Å². The number of hydrogen-bond acceptors (Lipinski definition) is 7. The monoisotopic (exact) mass is 503 g/mol. The molecule has 2 heterocycles. The number of carbonyl (C=O) groups excluding carboxylic acids is 2. The molecule has 190 valence electrons. The third kappa shape index (κ3) is 4.43. The number of hydrazine groups is 1. The highest BCUT2D eigenvalue weighted by molar-refractivity contribution is 6.24. The highest BCUT2D eigenvalue weighted by Gasteiger charge is 2.54. The van der Waals surface area contributed by atoms with Gasteiger partial charge in [-0.05, 0) is 48.9 Å². The van der Waals surface area contributed by atoms with E-state index < -0.39 is 41.7 Å². The standard InChI is InChI=1S/C28H26FN3O5/c1-2-37-24-16-17(12-15-23(24)33)26(34)22-14-13-19-25(32(22)30-21-11-7-6-10-20(21)29)28(36)31(27(19)35)18-8-4-3-5-9-18/h3-16,19,22,25-26,30,33-34H,2H2,1H3. The fourth-order valence-electron chi connectivity index (χ4n) is 4.78. The lowest BCUT2D eigenvalue weighted by molar-refractivity contribution is -0.123. The Morgan fingerprint density at radius 1 is 1.00 bits per heavy atom. The number of anilines is 2. The fourth-order valence-corrected chi connectivity index (χ4v) is 4.78. The van der Waals surface area contributed by atoms with E-state index in [9.17, 15) is 24.2 Å². The first-order valence-corrected chi connectivity index (χ1v) is 11.9. The molecule has 8 nitrogen and oxygen atoms in total. The number of imide groups is 1. The van der Waals surface area contributed by atoms with Gasteiger partial charge in [-0.25, -0.2) is 14.3 Å². The number of benzene rings is 3. The van der Waals surface area contributed by atoms with Gasteiger partial charge in [-0.1, -0.05) is 48.6 Å². The Morgan fingerprint density at radius 2 is 1.73 bits per heavy atom. The fraction of sp³-hybridized carbons (Fsp3) is 0.214. The topological polar surface area (TPSA) is 102 Å². The van der Waals surface area contributed by atoms with Gasteiger partial charge in [-0.15, -0.1) is 0 Å². The van der Waals surface area contributed by atoms with Gasteiger partial charge in [-0.3, -0.25) is 9.59 Å². The molecule has 0 bridgehead atoms. The molecule has 2 amide bonds. The van der Waals surface area contributed by atoms with E-state index >= 15 is 0 Å². The van der Waals surface area contributed by atoms with Crippen LogP contribution in [-0.4, -0.2) is 45.7 Å². The number of halogens is 1. The minimum absolute atomic E-state index is 0.0755. The predicted octanol–water partition coefficient (Wildman–Crippen LogP) is 3.79. The molecule has 0 radical (unpaired) electrons. The Hall–Kier alpha value is -4.21. The molecule has 4 unspecified atom stereocenters. The van der Waals surface area contributed by atoms with Gasteiger partial charge in [0.2, 0.25) is 5.91 Å². The summed E-state index contributed by atoms with van der Waals surface area (Å²) in [5.74, 6) is -2.17. The number of carbonyl (C=O) groups is 2. The van der Waals surface area contributed by atoms with Crippen molar-refractivity contribution in [2.75, 3.05) is 16.9 Å². The SMILES string of the molecule is CCOc1cc(C(O)C2C=CC3C(=O)N(c4ccccc4)C(=O)C3N2Nc2ccccc2F)ccc1O. The van der Waals surface area contributed by atoms with E-state index in [2.05, 4.69) is 5.43 Å². The van der Waals surface area contributed by atoms with Crippen molar-refractivity contribution in [2.24, 2.45) is 5.92 Å². The first-order chi connectivity index (χ1) is 17.9. The van der Waals surface area contributed by atoms with E-state index in [0.29, 0.717) is 17.9 Å². The molecule has 0 aromatic heterocycles. The first-order valence-electron chi connectivity index (χ1n) is 11.9. The number of aliphatic hydroxyl groups excluding tert-OH is 1. The number of amides is 2. The molecule has 5 rings (SSSR count). The number of phenols is 1. The van der Waals surface area contributed by atoms with Crippen molar-refractivity contribution in [1.29, 1.82) is 0 Å². The van der Waals surface area contributed by atoms with Gasteiger partial charge in [0, 0.05) is 0 Å². The van der Waals surface area contributed by atoms with Crippen LogP contribution in [0.25, 0.3) is 0 Å². The second-order valence-electron chi connectivity index (χ2n) is 8.80. The van der Waals surface area contributed by atoms with Crippen molar-refractivity contribution in [3.05, 3.63) is 96.3 Å². The Morgan fingerprint density at radius 3 is 2.46 bits per heavy atom. The maximum Gasteiger partial charge on any atom is 0.254 e. The first kappa shape index (κ1) is 24.5. The van der Waals surface area contributed by atoms with Crippen molar-refractivity contribution < 1.29 is 28.9 Å². The lowest BCUT2D eigenvalue weighted by Crippen LogP contribution is -2.55. The van der Waals surface area contributed by atoms with Gasteiger partial charge < -0.3 is 20.4 Å². The van der Waals surface area contributed by atoms with Crippen LogP contribution >= 0.6 is 0 Å². The summed E-state index contributed by atoms with van der Waals surface area (Å²) in [5.41, 5.74) is 3.89. The molecule has 37 heavy (non-hydrogen) atoms. The van der Waals surface area contributed by atoms with Gasteiger partial charge in [-0.2, -0.15) is 0 Å². The Balaban J connectivity index is 1.55. The predicted molar refractivity (Wildman–Crippen MR) is 135 cm³/mol. The summed E-state index contributed by atoms with van der Waals surface area (Å²) in [4.78, 5) is 28.1. The molecule has 1 saturated heterocycles. The summed E-state index contributed by atoms with van der Waals surface area (Å²) in [6.45, 7) is 2.08. The smallest absolute Gasteiger partial charge is 0.254 e. The van der Waals surface area contributed by atoms with Gasteiger partial charge in [0.25, 0.3) is 5.91 Å². The number of ether oxygens (including phenoxy) is 1. The molecule has 9 heteroatoms. The number of para-hydroxylation sites is 2. The Kier molecular flexibility index (Phi) is 6.64. The average molecular weight is 504 g/mol. The molecule has 2 aliphatic heterocycles. The van der Waals surface area contributed by atoms with E-state index in [1.54, 1.807) is 67.6 Å². The molecule has 4 atom stereocenters. The summed E-state index contributed by atoms with van der Waals surface area (Å²) >= 11 is 0. The van der Waals surface area contributed by atoms with Crippen molar-refractivity contribution in [3.8, 4) is 11.5 Å². The van der Waals surface area contributed by atoms with Gasteiger partial charge >= 0.3 is 0 Å². The molecule has 0 spiro atoms. The molecule has 2 aliphatic rings. The number of rotatable bonds is 7. The van der Waals surface area contributed by atoms with Gasteiger partial charge in [0.1, 0.15) is 18.0 Å². The van der Waals surface area contributed by atoms with Crippen LogP contribution in [0, 0.1) is 11.7 Å². The van der Waals surface area contributed by atoms with Crippen molar-refractivity contribution in [1.82, 2.24) is 5.01 Å². The van der Waals surface area contributed by atoms with Crippen LogP contribution < -0.4 is 15.1 Å². The number of nitrogens with one attached hydrogen (secondary N) is 1. The van der Waals surface area contributed by atoms with Gasteiger partial charge in [0.15, 0.2) is 11.5 Å². The molecular weight excluding hydrogens is 477 g/mol. The van der Waals surface area contributed by atoms with Crippen LogP contribution in [0.4, 0.5) is 15.8 Å². The minimum atomic E-state index is -1.22. The van der Waals surface area contributed by atoms with Crippen molar-refractivity contribution in [3.63, 3.8) is 0 Å². The summed E-state index contributed by atoms with van der Waals surface area (Å²) in [5, 5.41) is 22.9. The van der Waals surface area contributed by atoms with Crippen molar-refractivity contribution >= 4 is 23.2 Å². The average Bonchev–Trinajstić information content (AvgIpc) is 3.17. The lowest BCUT2D eigenvalue weighted by Gasteiger charge is -2.40. The van der Waals surface area contributed by atoms with E-state index in [0.717, 1.165) is 4.90 Å². The zero-order valence-corrected chi connectivity index (χ0v) is 20.0. The Bertz CT molecular complexity index is 1350. The minimum Gasteiger partial charge on any atom is -0.504 e. The van der Waals surface area contributed by atoms with Crippen LogP contribution in [-0.2, 0) is 9.59 Å². The summed E-state index contributed by atoms with van der Waals surface area (Å²) in [6.07, 6.45) is 2.03. The molecule has 1 fully saturated rings. The largest absolute Gasteiger partial charge is 0.504 e. The third-order valence-electron chi connectivity index (χ3n) is 6.54. The highest BCUT2D eigenvalue weighted by Crippen LogP contribution is 2.39. The van der Waals surface area contributed by atoms with Gasteiger partial charge in [0.05, 0.1) is 29.9 Å². The lowest BCUT2D eigenvalue weighted by atomic mass is 9.90. The number of fused-ring (bicyclic) bond motifs is 1. The van der Waals surface area contributed by atoms with E-state index in [4.69, 9.17) is 4.74 Å². The number of aromatic hydroxyl groups is 1. The number of nitrogens with zero attached hydrogens (tertiary/aromatic N) is 2. The molecule has 3 aromatic carbocycles. The second-order valence-corrected chi connectivity index (χ2v) is 8.80. The summed E-state index contributed by atoms with van der Waals surface area (Å²) in [7, 11) is 0. The molecule has 0 aliphatic carbocycles. The number of hydrogen-bond donors (Lipinski definition) is 3. The summed E-state index contributed by atoms with van der Waals surface area (Å²) < 4.78 is 20.1. The van der Waals surface area contributed by atoms with Crippen LogP contribution in [0.5, 0.6) is 11.5 Å². The molecule has 3 aromatic rings. The van der Waals surface area contributed by atoms with Crippen molar-refractivity contribution in [2.45, 2.75) is 25.1 Å². The zero-order valence-electron chi connectivity index (χ0n) is 20.0. The van der Waals surface area contributed by atoms with Crippen LogP contribution in [0.1, 0.15) is 18.6 Å². The number of phenolic OH excluding ortho intramolecular Hbond substituents is 1. The van der Waals surface area contributed by atoms with E-state index in [1.165, 1.54) is 29.3 Å². The normalized spacial score (nSPS) is 22.1. The van der Waals surface area contributed by atoms with Crippen LogP contribution in [0.15, 0.2) is 84.9 Å². The quantitative estimate of drug-likeness (QED) is 0.333. The van der Waals surface area contributed by atoms with Crippen LogP contribution in [0.2, 0.25) is 0 Å². The maximum atomic E-state index is 14.7.